The first-order valence-electron chi connectivity index (χ1n) is 6.78. The molecule has 0 aromatic heterocycles. The fourth-order valence-electron chi connectivity index (χ4n) is 2.31. The van der Waals surface area contributed by atoms with E-state index < -0.39 is 17.3 Å². The first-order chi connectivity index (χ1) is 11.0. The second kappa shape index (κ2) is 6.61. The fourth-order valence-corrected chi connectivity index (χ4v) is 3.95. The van der Waals surface area contributed by atoms with E-state index in [2.05, 4.69) is 5.32 Å². The number of methoxy groups -OCH3 is 1. The zero-order valence-electron chi connectivity index (χ0n) is 12.0. The van der Waals surface area contributed by atoms with Gasteiger partial charge in [-0.05, 0) is 29.8 Å². The molecule has 2 atom stereocenters. The Bertz CT molecular complexity index is 752. The number of nitrogens with one attached hydrogen (secondary N) is 1. The monoisotopic (exact) mass is 369 g/mol. The highest BCUT2D eigenvalue weighted by atomic mass is 35.5. The van der Waals surface area contributed by atoms with Crippen LogP contribution in [-0.4, -0.2) is 24.2 Å². The standard InChI is InChI=1S/C16H13Cl2NO3S/c1-22-9-4-2-8(3-5-9)15-14(20)16(21)19-12-6-10(17)11(18)7-13(12)23-15/h2-7,14-15,20H,1H3,(H,19,21)/t14-,15+/m1/s1. The van der Waals surface area contributed by atoms with E-state index in [1.165, 1.54) is 11.8 Å². The van der Waals surface area contributed by atoms with Gasteiger partial charge in [-0.2, -0.15) is 0 Å². The van der Waals surface area contributed by atoms with Crippen LogP contribution < -0.4 is 10.1 Å². The van der Waals surface area contributed by atoms with Gasteiger partial charge in [0.1, 0.15) is 11.9 Å². The Morgan fingerprint density at radius 3 is 2.48 bits per heavy atom. The number of carbonyl (C=O) groups excluding carboxylic acids is 1. The number of carbonyl (C=O) groups is 1. The van der Waals surface area contributed by atoms with E-state index in [1.807, 2.05) is 12.1 Å². The van der Waals surface area contributed by atoms with Gasteiger partial charge in [0.15, 0.2) is 0 Å². The number of anilines is 1. The number of rotatable bonds is 2. The summed E-state index contributed by atoms with van der Waals surface area (Å²) in [5, 5.41) is 13.4. The number of halogens is 2. The number of thioether (sulfide) groups is 1. The molecule has 1 aliphatic heterocycles. The lowest BCUT2D eigenvalue weighted by atomic mass is 10.1. The Labute approximate surface area is 147 Å². The second-order valence-corrected chi connectivity index (χ2v) is 7.01. The van der Waals surface area contributed by atoms with Gasteiger partial charge in [0.05, 0.1) is 28.1 Å². The first-order valence-corrected chi connectivity index (χ1v) is 8.41. The quantitative estimate of drug-likeness (QED) is 0.834. The summed E-state index contributed by atoms with van der Waals surface area (Å²) in [5.74, 6) is 0.233. The van der Waals surface area contributed by atoms with Crippen LogP contribution in [0.3, 0.4) is 0 Å². The van der Waals surface area contributed by atoms with Crippen LogP contribution in [0.4, 0.5) is 5.69 Å². The maximum absolute atomic E-state index is 12.2. The number of benzene rings is 2. The highest BCUT2D eigenvalue weighted by Gasteiger charge is 2.33. The minimum atomic E-state index is -1.20. The van der Waals surface area contributed by atoms with E-state index in [-0.39, 0.29) is 0 Å². The number of ether oxygens (including phenoxy) is 1. The van der Waals surface area contributed by atoms with Crippen molar-refractivity contribution in [2.45, 2.75) is 16.2 Å². The molecule has 2 aromatic rings. The summed E-state index contributed by atoms with van der Waals surface area (Å²) >= 11 is 13.4. The van der Waals surface area contributed by atoms with E-state index in [0.717, 1.165) is 10.5 Å². The van der Waals surface area contributed by atoms with Crippen molar-refractivity contribution >= 4 is 46.6 Å². The molecule has 0 saturated carbocycles. The number of fused-ring (bicyclic) bond motifs is 1. The smallest absolute Gasteiger partial charge is 0.254 e. The summed E-state index contributed by atoms with van der Waals surface area (Å²) in [7, 11) is 1.58. The zero-order valence-corrected chi connectivity index (χ0v) is 14.4. The molecule has 3 rings (SSSR count). The molecule has 0 spiro atoms. The topological polar surface area (TPSA) is 58.6 Å². The van der Waals surface area contributed by atoms with Crippen LogP contribution in [0.2, 0.25) is 10.0 Å². The summed E-state index contributed by atoms with van der Waals surface area (Å²) < 4.78 is 5.13. The third-order valence-electron chi connectivity index (χ3n) is 3.53. The Morgan fingerprint density at radius 2 is 1.83 bits per heavy atom. The molecule has 4 nitrogen and oxygen atoms in total. The summed E-state index contributed by atoms with van der Waals surface area (Å²) in [6, 6.07) is 10.5. The van der Waals surface area contributed by atoms with Gasteiger partial charge in [-0.1, -0.05) is 35.3 Å². The SMILES string of the molecule is COc1ccc([C@@H]2Sc3cc(Cl)c(Cl)cc3NC(=O)[C@@H]2O)cc1. The first kappa shape index (κ1) is 16.5. The molecule has 7 heteroatoms. The van der Waals surface area contributed by atoms with Gasteiger partial charge < -0.3 is 15.2 Å². The maximum Gasteiger partial charge on any atom is 0.254 e. The molecule has 1 heterocycles. The molecule has 23 heavy (non-hydrogen) atoms. The number of aliphatic hydroxyl groups excluding tert-OH is 1. The molecule has 1 aliphatic rings. The highest BCUT2D eigenvalue weighted by Crippen LogP contribution is 2.46. The minimum Gasteiger partial charge on any atom is -0.497 e. The van der Waals surface area contributed by atoms with Gasteiger partial charge in [-0.3, -0.25) is 4.79 Å². The molecule has 0 radical (unpaired) electrons. The summed E-state index contributed by atoms with van der Waals surface area (Å²) in [4.78, 5) is 13.0. The summed E-state index contributed by atoms with van der Waals surface area (Å²) in [6.07, 6.45) is -1.20. The van der Waals surface area contributed by atoms with Crippen molar-refractivity contribution in [1.82, 2.24) is 0 Å². The molecule has 2 aromatic carbocycles. The Balaban J connectivity index is 2.01. The van der Waals surface area contributed by atoms with Gasteiger partial charge in [-0.15, -0.1) is 11.8 Å². The third kappa shape index (κ3) is 3.28. The van der Waals surface area contributed by atoms with Crippen LogP contribution in [-0.2, 0) is 4.79 Å². The Kier molecular flexibility index (Phi) is 4.73. The maximum atomic E-state index is 12.2. The van der Waals surface area contributed by atoms with Gasteiger partial charge in [0.25, 0.3) is 5.91 Å². The van der Waals surface area contributed by atoms with E-state index in [0.29, 0.717) is 21.5 Å². The minimum absolute atomic E-state index is 0.351. The van der Waals surface area contributed by atoms with Crippen LogP contribution in [0.25, 0.3) is 0 Å². The van der Waals surface area contributed by atoms with Crippen molar-refractivity contribution < 1.29 is 14.6 Å². The molecular weight excluding hydrogens is 357 g/mol. The molecule has 120 valence electrons. The highest BCUT2D eigenvalue weighted by molar-refractivity contribution is 7.99. The summed E-state index contributed by atoms with van der Waals surface area (Å²) in [5.41, 5.74) is 1.36. The molecular formula is C16H13Cl2NO3S. The second-order valence-electron chi connectivity index (χ2n) is 5.01. The summed E-state index contributed by atoms with van der Waals surface area (Å²) in [6.45, 7) is 0. The molecule has 1 amide bonds. The largest absolute Gasteiger partial charge is 0.497 e. The average Bonchev–Trinajstić information content (AvgIpc) is 2.66. The predicted octanol–water partition coefficient (Wildman–Crippen LogP) is 4.15. The lowest BCUT2D eigenvalue weighted by molar-refractivity contribution is -0.124. The Morgan fingerprint density at radius 1 is 1.17 bits per heavy atom. The molecule has 2 N–H and O–H groups in total. The van der Waals surface area contributed by atoms with E-state index in [9.17, 15) is 9.90 Å². The molecule has 0 saturated heterocycles. The number of hydrogen-bond donors (Lipinski definition) is 2. The van der Waals surface area contributed by atoms with E-state index in [4.69, 9.17) is 27.9 Å². The van der Waals surface area contributed by atoms with Gasteiger partial charge in [-0.25, -0.2) is 0 Å². The predicted molar refractivity (Wildman–Crippen MR) is 92.7 cm³/mol. The molecule has 0 bridgehead atoms. The van der Waals surface area contributed by atoms with E-state index >= 15 is 0 Å². The number of aliphatic hydroxyl groups is 1. The van der Waals surface area contributed by atoms with Crippen LogP contribution in [0.15, 0.2) is 41.3 Å². The van der Waals surface area contributed by atoms with Crippen molar-refractivity contribution in [3.8, 4) is 5.75 Å². The average molecular weight is 370 g/mol. The lowest BCUT2D eigenvalue weighted by Gasteiger charge is -2.19. The van der Waals surface area contributed by atoms with Gasteiger partial charge in [0.2, 0.25) is 0 Å². The fraction of sp³-hybridized carbons (Fsp3) is 0.188. The third-order valence-corrected chi connectivity index (χ3v) is 5.63. The van der Waals surface area contributed by atoms with E-state index in [1.54, 1.807) is 31.4 Å². The number of hydrogen-bond acceptors (Lipinski definition) is 4. The molecule has 0 unspecified atom stereocenters. The van der Waals surface area contributed by atoms with Gasteiger partial charge in [0, 0.05) is 4.90 Å². The van der Waals surface area contributed by atoms with Crippen molar-refractivity contribution in [1.29, 1.82) is 0 Å². The van der Waals surface area contributed by atoms with Crippen molar-refractivity contribution in [3.63, 3.8) is 0 Å². The Hall–Kier alpha value is -1.40. The van der Waals surface area contributed by atoms with Gasteiger partial charge >= 0.3 is 0 Å². The lowest BCUT2D eigenvalue weighted by Crippen LogP contribution is -2.30. The van der Waals surface area contributed by atoms with Crippen LogP contribution in [0, 0.1) is 0 Å². The van der Waals surface area contributed by atoms with Crippen molar-refractivity contribution in [2.24, 2.45) is 0 Å². The number of amides is 1. The van der Waals surface area contributed by atoms with Crippen molar-refractivity contribution in [2.75, 3.05) is 12.4 Å². The van der Waals surface area contributed by atoms with Crippen LogP contribution in [0.1, 0.15) is 10.8 Å². The van der Waals surface area contributed by atoms with Crippen LogP contribution >= 0.6 is 35.0 Å². The zero-order chi connectivity index (χ0) is 16.6. The van der Waals surface area contributed by atoms with Crippen LogP contribution in [0.5, 0.6) is 5.75 Å². The molecule has 0 aliphatic carbocycles. The van der Waals surface area contributed by atoms with Crippen molar-refractivity contribution in [3.05, 3.63) is 52.0 Å². The normalized spacial score (nSPS) is 20.4. The molecule has 0 fully saturated rings.